The monoisotopic (exact) mass is 285 g/mol. The molecule has 21 heavy (non-hydrogen) atoms. The summed E-state index contributed by atoms with van der Waals surface area (Å²) in [6.45, 7) is 0.119. The fourth-order valence-corrected chi connectivity index (χ4v) is 1.84. The number of benzene rings is 1. The smallest absolute Gasteiger partial charge is 0.337 e. The number of phenols is 1. The SMILES string of the molecule is O=C(O)c1ccc2nc(COc3cccc(O)c3)nn2c1. The Balaban J connectivity index is 1.80. The molecule has 1 aromatic carbocycles. The molecule has 2 aromatic heterocycles. The third-order valence-electron chi connectivity index (χ3n) is 2.81. The minimum absolute atomic E-state index is 0.113. The number of pyridine rings is 1. The molecule has 2 heterocycles. The first kappa shape index (κ1) is 12.9. The number of phenolic OH excluding ortho intramolecular Hbond substituents is 1. The van der Waals surface area contributed by atoms with Crippen molar-refractivity contribution < 1.29 is 19.7 Å². The number of carboxylic acids is 1. The van der Waals surface area contributed by atoms with Gasteiger partial charge in [0.05, 0.1) is 5.56 Å². The summed E-state index contributed by atoms with van der Waals surface area (Å²) in [7, 11) is 0. The van der Waals surface area contributed by atoms with Crippen molar-refractivity contribution in [1.82, 2.24) is 14.6 Å². The molecule has 0 unspecified atom stereocenters. The van der Waals surface area contributed by atoms with E-state index in [0.717, 1.165) is 0 Å². The lowest BCUT2D eigenvalue weighted by Gasteiger charge is -2.02. The van der Waals surface area contributed by atoms with Gasteiger partial charge in [0.15, 0.2) is 11.5 Å². The van der Waals surface area contributed by atoms with Crippen molar-refractivity contribution in [3.8, 4) is 11.5 Å². The predicted octanol–water partition coefficient (Wildman–Crippen LogP) is 1.71. The van der Waals surface area contributed by atoms with E-state index in [1.54, 1.807) is 24.3 Å². The number of fused-ring (bicyclic) bond motifs is 1. The first-order valence-electron chi connectivity index (χ1n) is 6.12. The molecule has 0 fully saturated rings. The van der Waals surface area contributed by atoms with Crippen molar-refractivity contribution in [3.05, 3.63) is 54.0 Å². The quantitative estimate of drug-likeness (QED) is 0.757. The molecule has 0 atom stereocenters. The van der Waals surface area contributed by atoms with Crippen molar-refractivity contribution >= 4 is 11.6 Å². The molecule has 0 saturated heterocycles. The molecule has 3 aromatic rings. The van der Waals surface area contributed by atoms with Gasteiger partial charge in [-0.15, -0.1) is 5.10 Å². The van der Waals surface area contributed by atoms with Gasteiger partial charge in [-0.05, 0) is 24.3 Å². The van der Waals surface area contributed by atoms with Gasteiger partial charge < -0.3 is 14.9 Å². The van der Waals surface area contributed by atoms with Crippen LogP contribution in [0.4, 0.5) is 0 Å². The summed E-state index contributed by atoms with van der Waals surface area (Å²) in [6, 6.07) is 9.45. The van der Waals surface area contributed by atoms with Crippen LogP contribution in [0.1, 0.15) is 16.2 Å². The number of hydrogen-bond donors (Lipinski definition) is 2. The Morgan fingerprint density at radius 2 is 2.14 bits per heavy atom. The third-order valence-corrected chi connectivity index (χ3v) is 2.81. The minimum Gasteiger partial charge on any atom is -0.508 e. The standard InChI is InChI=1S/C14H11N3O4/c18-10-2-1-3-11(6-10)21-8-12-15-13-5-4-9(14(19)20)7-17(13)16-12/h1-7,18H,8H2,(H,19,20). The Morgan fingerprint density at radius 3 is 2.90 bits per heavy atom. The molecule has 0 bridgehead atoms. The van der Waals surface area contributed by atoms with E-state index in [1.807, 2.05) is 0 Å². The van der Waals surface area contributed by atoms with Crippen molar-refractivity contribution in [3.63, 3.8) is 0 Å². The van der Waals surface area contributed by atoms with E-state index in [4.69, 9.17) is 9.84 Å². The zero-order valence-corrected chi connectivity index (χ0v) is 10.8. The molecule has 7 nitrogen and oxygen atoms in total. The second-order valence-corrected chi connectivity index (χ2v) is 4.34. The summed E-state index contributed by atoms with van der Waals surface area (Å²) in [5.74, 6) is 0.00693. The lowest BCUT2D eigenvalue weighted by atomic mass is 10.3. The van der Waals surface area contributed by atoms with E-state index >= 15 is 0 Å². The molecule has 7 heteroatoms. The van der Waals surface area contributed by atoms with Crippen LogP contribution in [0.3, 0.4) is 0 Å². The number of hydrogen-bond acceptors (Lipinski definition) is 5. The number of aromatic carboxylic acids is 1. The molecule has 0 aliphatic carbocycles. The highest BCUT2D eigenvalue weighted by Crippen LogP contribution is 2.18. The van der Waals surface area contributed by atoms with Crippen LogP contribution in [0, 0.1) is 0 Å². The maximum Gasteiger partial charge on any atom is 0.337 e. The average Bonchev–Trinajstić information content (AvgIpc) is 2.87. The normalized spacial score (nSPS) is 10.7. The summed E-state index contributed by atoms with van der Waals surface area (Å²) in [6.07, 6.45) is 1.39. The highest BCUT2D eigenvalue weighted by molar-refractivity contribution is 5.87. The fourth-order valence-electron chi connectivity index (χ4n) is 1.84. The van der Waals surface area contributed by atoms with Gasteiger partial charge in [-0.25, -0.2) is 14.3 Å². The topological polar surface area (TPSA) is 97.0 Å². The molecule has 0 spiro atoms. The molecule has 0 saturated carbocycles. The largest absolute Gasteiger partial charge is 0.508 e. The van der Waals surface area contributed by atoms with Gasteiger partial charge >= 0.3 is 5.97 Å². The van der Waals surface area contributed by atoms with E-state index in [2.05, 4.69) is 10.1 Å². The Kier molecular flexibility index (Phi) is 3.15. The molecular formula is C14H11N3O4. The summed E-state index contributed by atoms with van der Waals surface area (Å²) >= 11 is 0. The molecular weight excluding hydrogens is 274 g/mol. The maximum absolute atomic E-state index is 10.9. The summed E-state index contributed by atoms with van der Waals surface area (Å²) in [5.41, 5.74) is 0.669. The molecule has 0 amide bonds. The van der Waals surface area contributed by atoms with Gasteiger partial charge in [0.1, 0.15) is 18.1 Å². The minimum atomic E-state index is -1.02. The van der Waals surface area contributed by atoms with E-state index in [9.17, 15) is 9.90 Å². The number of carboxylic acid groups (broad SMARTS) is 1. The summed E-state index contributed by atoms with van der Waals surface area (Å²) in [5, 5.41) is 22.4. The first-order chi connectivity index (χ1) is 10.1. The van der Waals surface area contributed by atoms with Crippen LogP contribution < -0.4 is 4.74 Å². The van der Waals surface area contributed by atoms with E-state index in [1.165, 1.54) is 22.8 Å². The highest BCUT2D eigenvalue weighted by Gasteiger charge is 2.08. The summed E-state index contributed by atoms with van der Waals surface area (Å²) < 4.78 is 6.86. The van der Waals surface area contributed by atoms with Crippen molar-refractivity contribution in [2.24, 2.45) is 0 Å². The Bertz CT molecular complexity index is 813. The van der Waals surface area contributed by atoms with Crippen LogP contribution in [0.5, 0.6) is 11.5 Å². The van der Waals surface area contributed by atoms with Crippen LogP contribution in [0.2, 0.25) is 0 Å². The van der Waals surface area contributed by atoms with Crippen LogP contribution >= 0.6 is 0 Å². The van der Waals surface area contributed by atoms with Gasteiger partial charge in [0, 0.05) is 12.3 Å². The van der Waals surface area contributed by atoms with Crippen LogP contribution in [-0.2, 0) is 6.61 Å². The molecule has 106 valence electrons. The summed E-state index contributed by atoms with van der Waals surface area (Å²) in [4.78, 5) is 15.1. The highest BCUT2D eigenvalue weighted by atomic mass is 16.5. The number of aromatic hydroxyl groups is 1. The molecule has 2 N–H and O–H groups in total. The van der Waals surface area contributed by atoms with Crippen LogP contribution in [0.15, 0.2) is 42.6 Å². The van der Waals surface area contributed by atoms with Gasteiger partial charge in [-0.1, -0.05) is 6.07 Å². The van der Waals surface area contributed by atoms with Crippen molar-refractivity contribution in [1.29, 1.82) is 0 Å². The van der Waals surface area contributed by atoms with Crippen LogP contribution in [-0.4, -0.2) is 30.8 Å². The lowest BCUT2D eigenvalue weighted by Crippen LogP contribution is -2.00. The van der Waals surface area contributed by atoms with Gasteiger partial charge in [-0.2, -0.15) is 0 Å². The molecule has 0 aliphatic heterocycles. The second-order valence-electron chi connectivity index (χ2n) is 4.34. The van der Waals surface area contributed by atoms with E-state index in [-0.39, 0.29) is 17.9 Å². The van der Waals surface area contributed by atoms with Crippen LogP contribution in [0.25, 0.3) is 5.65 Å². The van der Waals surface area contributed by atoms with Gasteiger partial charge in [-0.3, -0.25) is 0 Å². The fraction of sp³-hybridized carbons (Fsp3) is 0.0714. The lowest BCUT2D eigenvalue weighted by molar-refractivity contribution is 0.0696. The zero-order valence-electron chi connectivity index (χ0n) is 10.8. The zero-order chi connectivity index (χ0) is 14.8. The Morgan fingerprint density at radius 1 is 1.29 bits per heavy atom. The third kappa shape index (κ3) is 2.76. The van der Waals surface area contributed by atoms with Gasteiger partial charge in [0.2, 0.25) is 0 Å². The average molecular weight is 285 g/mol. The number of nitrogens with zero attached hydrogens (tertiary/aromatic N) is 3. The number of aromatic nitrogens is 3. The Labute approximate surface area is 119 Å². The molecule has 3 rings (SSSR count). The predicted molar refractivity (Wildman–Crippen MR) is 72.4 cm³/mol. The number of carbonyl (C=O) groups is 1. The second kappa shape index (κ2) is 5.12. The molecule has 0 aliphatic rings. The maximum atomic E-state index is 10.9. The first-order valence-corrected chi connectivity index (χ1v) is 6.12. The van der Waals surface area contributed by atoms with E-state index < -0.39 is 5.97 Å². The Hall–Kier alpha value is -3.09. The molecule has 0 radical (unpaired) electrons. The number of ether oxygens (including phenoxy) is 1. The van der Waals surface area contributed by atoms with Crippen molar-refractivity contribution in [2.45, 2.75) is 6.61 Å². The van der Waals surface area contributed by atoms with E-state index in [0.29, 0.717) is 17.2 Å². The number of rotatable bonds is 4. The van der Waals surface area contributed by atoms with Crippen molar-refractivity contribution in [2.75, 3.05) is 0 Å². The van der Waals surface area contributed by atoms with Gasteiger partial charge in [0.25, 0.3) is 0 Å².